The van der Waals surface area contributed by atoms with Crippen molar-refractivity contribution in [3.8, 4) is 11.5 Å². The van der Waals surface area contributed by atoms with E-state index < -0.39 is 5.60 Å². The molecule has 21 heavy (non-hydrogen) atoms. The summed E-state index contributed by atoms with van der Waals surface area (Å²) < 4.78 is 16.3. The topological polar surface area (TPSA) is 60.0 Å². The molecule has 1 fully saturated rings. The average molecular weight is 293 g/mol. The number of nitrogens with one attached hydrogen (secondary N) is 1. The molecule has 3 rings (SSSR count). The molecule has 0 radical (unpaired) electrons. The fraction of sp³-hybridized carbons (Fsp3) is 0.625. The minimum Gasteiger partial charge on any atom is -0.454 e. The minimum atomic E-state index is -0.696. The molecule has 0 spiro atoms. The number of hydrogen-bond donors (Lipinski definition) is 2. The van der Waals surface area contributed by atoms with Gasteiger partial charge in [-0.1, -0.05) is 6.07 Å². The van der Waals surface area contributed by atoms with Gasteiger partial charge in [-0.15, -0.1) is 0 Å². The molecule has 2 heterocycles. The molecular formula is C16H23NO4. The van der Waals surface area contributed by atoms with E-state index in [-0.39, 0.29) is 5.60 Å². The van der Waals surface area contributed by atoms with Crippen molar-refractivity contribution in [1.29, 1.82) is 0 Å². The maximum atomic E-state index is 10.7. The Balaban J connectivity index is 1.54. The zero-order valence-corrected chi connectivity index (χ0v) is 12.6. The second kappa shape index (κ2) is 5.48. The van der Waals surface area contributed by atoms with Gasteiger partial charge in [0, 0.05) is 25.9 Å². The summed E-state index contributed by atoms with van der Waals surface area (Å²) in [6.45, 7) is 6.20. The highest BCUT2D eigenvalue weighted by Gasteiger charge is 2.38. The Morgan fingerprint density at radius 2 is 2.05 bits per heavy atom. The quantitative estimate of drug-likeness (QED) is 0.887. The van der Waals surface area contributed by atoms with Crippen LogP contribution in [0.5, 0.6) is 11.5 Å². The van der Waals surface area contributed by atoms with Gasteiger partial charge in [-0.25, -0.2) is 0 Å². The van der Waals surface area contributed by atoms with E-state index in [2.05, 4.69) is 5.32 Å². The van der Waals surface area contributed by atoms with Crippen LogP contribution in [0.3, 0.4) is 0 Å². The van der Waals surface area contributed by atoms with E-state index in [0.717, 1.165) is 17.1 Å². The Bertz CT molecular complexity index is 517. The molecular weight excluding hydrogens is 270 g/mol. The van der Waals surface area contributed by atoms with Crippen molar-refractivity contribution in [2.75, 3.05) is 19.9 Å². The first kappa shape index (κ1) is 14.6. The van der Waals surface area contributed by atoms with Crippen molar-refractivity contribution in [3.63, 3.8) is 0 Å². The molecule has 0 saturated carbocycles. The summed E-state index contributed by atoms with van der Waals surface area (Å²) in [5.41, 5.74) is 0.167. The molecule has 2 N–H and O–H groups in total. The van der Waals surface area contributed by atoms with Crippen molar-refractivity contribution in [2.24, 2.45) is 0 Å². The Hall–Kier alpha value is -1.30. The maximum absolute atomic E-state index is 10.7. The van der Waals surface area contributed by atoms with Crippen LogP contribution < -0.4 is 14.8 Å². The van der Waals surface area contributed by atoms with Gasteiger partial charge in [0.25, 0.3) is 0 Å². The highest BCUT2D eigenvalue weighted by Crippen LogP contribution is 2.33. The monoisotopic (exact) mass is 293 g/mol. The van der Waals surface area contributed by atoms with Crippen molar-refractivity contribution in [2.45, 2.75) is 44.4 Å². The second-order valence-corrected chi connectivity index (χ2v) is 6.55. The maximum Gasteiger partial charge on any atom is 0.231 e. The standard InChI is InChI=1S/C16H23NO4/c1-15(2)9-16(18,5-6-21-15)10-17-8-12-3-4-13-14(7-12)20-11-19-13/h3-4,7,17-18H,5-6,8-11H2,1-2H3/t16-/m1/s1. The van der Waals surface area contributed by atoms with E-state index in [4.69, 9.17) is 14.2 Å². The van der Waals surface area contributed by atoms with Gasteiger partial charge in [-0.3, -0.25) is 0 Å². The van der Waals surface area contributed by atoms with Crippen LogP contribution >= 0.6 is 0 Å². The van der Waals surface area contributed by atoms with Gasteiger partial charge in [0.05, 0.1) is 17.8 Å². The van der Waals surface area contributed by atoms with Gasteiger partial charge in [0.15, 0.2) is 11.5 Å². The molecule has 0 amide bonds. The number of aliphatic hydroxyl groups is 1. The Morgan fingerprint density at radius 3 is 2.86 bits per heavy atom. The molecule has 0 bridgehead atoms. The summed E-state index contributed by atoms with van der Waals surface area (Å²) in [7, 11) is 0. The van der Waals surface area contributed by atoms with Crippen molar-refractivity contribution >= 4 is 0 Å². The van der Waals surface area contributed by atoms with E-state index >= 15 is 0 Å². The van der Waals surface area contributed by atoms with Crippen LogP contribution in [0.2, 0.25) is 0 Å². The van der Waals surface area contributed by atoms with E-state index in [1.165, 1.54) is 0 Å². The molecule has 5 heteroatoms. The lowest BCUT2D eigenvalue weighted by atomic mass is 9.84. The molecule has 116 valence electrons. The van der Waals surface area contributed by atoms with Crippen molar-refractivity contribution in [3.05, 3.63) is 23.8 Å². The second-order valence-electron chi connectivity index (χ2n) is 6.55. The Morgan fingerprint density at radius 1 is 1.24 bits per heavy atom. The fourth-order valence-corrected chi connectivity index (χ4v) is 3.09. The van der Waals surface area contributed by atoms with Gasteiger partial charge in [0.1, 0.15) is 0 Å². The third-order valence-electron chi connectivity index (χ3n) is 4.04. The molecule has 0 aliphatic carbocycles. The van der Waals surface area contributed by atoms with Crippen LogP contribution in [0, 0.1) is 0 Å². The zero-order chi connectivity index (χ0) is 14.9. The minimum absolute atomic E-state index is 0.257. The van der Waals surface area contributed by atoms with Gasteiger partial charge in [-0.2, -0.15) is 0 Å². The third kappa shape index (κ3) is 3.48. The van der Waals surface area contributed by atoms with Crippen LogP contribution in [0.1, 0.15) is 32.3 Å². The predicted molar refractivity (Wildman–Crippen MR) is 78.5 cm³/mol. The summed E-state index contributed by atoms with van der Waals surface area (Å²) in [6, 6.07) is 5.91. The first-order valence-corrected chi connectivity index (χ1v) is 7.41. The molecule has 1 aromatic carbocycles. The van der Waals surface area contributed by atoms with Crippen LogP contribution in [0.25, 0.3) is 0 Å². The van der Waals surface area contributed by atoms with Gasteiger partial charge < -0.3 is 24.6 Å². The number of ether oxygens (including phenoxy) is 3. The smallest absolute Gasteiger partial charge is 0.231 e. The average Bonchev–Trinajstić information content (AvgIpc) is 2.84. The number of rotatable bonds is 4. The third-order valence-corrected chi connectivity index (χ3v) is 4.04. The number of hydrogen-bond acceptors (Lipinski definition) is 5. The van der Waals surface area contributed by atoms with Gasteiger partial charge >= 0.3 is 0 Å². The van der Waals surface area contributed by atoms with E-state index in [1.807, 2.05) is 32.0 Å². The molecule has 0 aromatic heterocycles. The van der Waals surface area contributed by atoms with Crippen LogP contribution in [-0.4, -0.2) is 36.3 Å². The van der Waals surface area contributed by atoms with E-state index in [0.29, 0.717) is 39.3 Å². The summed E-state index contributed by atoms with van der Waals surface area (Å²) in [5.74, 6) is 1.59. The number of fused-ring (bicyclic) bond motifs is 1. The van der Waals surface area contributed by atoms with Crippen LogP contribution in [0.4, 0.5) is 0 Å². The largest absolute Gasteiger partial charge is 0.454 e. The number of benzene rings is 1. The molecule has 1 saturated heterocycles. The van der Waals surface area contributed by atoms with Gasteiger partial charge in [0.2, 0.25) is 6.79 Å². The first-order chi connectivity index (χ1) is 9.96. The first-order valence-electron chi connectivity index (χ1n) is 7.41. The molecule has 2 aliphatic rings. The predicted octanol–water partition coefficient (Wildman–Crippen LogP) is 1.83. The SMILES string of the molecule is CC1(C)C[C@@](O)(CNCc2ccc3c(c2)OCO3)CCO1. The summed E-state index contributed by atoms with van der Waals surface area (Å²) in [6.07, 6.45) is 1.32. The van der Waals surface area contributed by atoms with E-state index in [9.17, 15) is 5.11 Å². The van der Waals surface area contributed by atoms with Crippen molar-refractivity contribution in [1.82, 2.24) is 5.32 Å². The van der Waals surface area contributed by atoms with Crippen LogP contribution in [-0.2, 0) is 11.3 Å². The van der Waals surface area contributed by atoms with E-state index in [1.54, 1.807) is 0 Å². The molecule has 0 unspecified atom stereocenters. The lowest BCUT2D eigenvalue weighted by Crippen LogP contribution is -2.51. The zero-order valence-electron chi connectivity index (χ0n) is 12.6. The highest BCUT2D eigenvalue weighted by atomic mass is 16.7. The summed E-state index contributed by atoms with van der Waals surface area (Å²) >= 11 is 0. The summed E-state index contributed by atoms with van der Waals surface area (Å²) in [5, 5.41) is 14.0. The molecule has 5 nitrogen and oxygen atoms in total. The van der Waals surface area contributed by atoms with Crippen LogP contribution in [0.15, 0.2) is 18.2 Å². The molecule has 2 aliphatic heterocycles. The van der Waals surface area contributed by atoms with Gasteiger partial charge in [-0.05, 0) is 31.5 Å². The lowest BCUT2D eigenvalue weighted by Gasteiger charge is -2.41. The summed E-state index contributed by atoms with van der Waals surface area (Å²) in [4.78, 5) is 0. The molecule has 1 aromatic rings. The Labute approximate surface area is 125 Å². The lowest BCUT2D eigenvalue weighted by molar-refractivity contribution is -0.142. The Kier molecular flexibility index (Phi) is 3.82. The molecule has 1 atom stereocenters. The normalized spacial score (nSPS) is 26.8. The van der Waals surface area contributed by atoms with Crippen molar-refractivity contribution < 1.29 is 19.3 Å². The fourth-order valence-electron chi connectivity index (χ4n) is 3.09. The highest BCUT2D eigenvalue weighted by molar-refractivity contribution is 5.44.